The van der Waals surface area contributed by atoms with E-state index >= 15 is 0 Å². The number of nitrogens with zero attached hydrogens (tertiary/aromatic N) is 2. The van der Waals surface area contributed by atoms with Crippen LogP contribution in [0, 0.1) is 0 Å². The maximum absolute atomic E-state index is 11.9. The molecule has 6 heteroatoms. The molecule has 0 aliphatic rings. The summed E-state index contributed by atoms with van der Waals surface area (Å²) in [6.07, 6.45) is 1.68. The molecule has 18 heavy (non-hydrogen) atoms. The van der Waals surface area contributed by atoms with Crippen LogP contribution in [-0.4, -0.2) is 26.8 Å². The minimum atomic E-state index is -1.14. The number of anilines is 1. The van der Waals surface area contributed by atoms with Gasteiger partial charge in [0.25, 0.3) is 5.91 Å². The molecule has 0 unspecified atom stereocenters. The number of aromatic carboxylic acids is 1. The minimum absolute atomic E-state index is 0.0362. The molecule has 1 aromatic heterocycles. The average Bonchev–Trinajstić information content (AvgIpc) is 2.74. The summed E-state index contributed by atoms with van der Waals surface area (Å²) >= 11 is 0. The van der Waals surface area contributed by atoms with Gasteiger partial charge in [0, 0.05) is 19.3 Å². The van der Waals surface area contributed by atoms with Crippen LogP contribution in [0.2, 0.25) is 0 Å². The molecular formula is C12H11N3O3. The zero-order valence-electron chi connectivity index (χ0n) is 9.62. The van der Waals surface area contributed by atoms with Crippen LogP contribution in [0.4, 0.5) is 5.82 Å². The Bertz CT molecular complexity index is 604. The summed E-state index contributed by atoms with van der Waals surface area (Å²) in [6, 6.07) is 7.65. The van der Waals surface area contributed by atoms with Gasteiger partial charge in [-0.1, -0.05) is 12.1 Å². The molecule has 2 N–H and O–H groups in total. The van der Waals surface area contributed by atoms with Crippen LogP contribution >= 0.6 is 0 Å². The molecule has 0 aliphatic carbocycles. The molecule has 6 nitrogen and oxygen atoms in total. The number of amides is 1. The molecule has 0 spiro atoms. The highest BCUT2D eigenvalue weighted by Crippen LogP contribution is 2.11. The second-order valence-corrected chi connectivity index (χ2v) is 3.68. The number of aryl methyl sites for hydroxylation is 1. The van der Waals surface area contributed by atoms with Gasteiger partial charge in [-0.25, -0.2) is 4.79 Å². The predicted molar refractivity (Wildman–Crippen MR) is 64.6 cm³/mol. The second-order valence-electron chi connectivity index (χ2n) is 3.68. The normalized spacial score (nSPS) is 10.1. The Balaban J connectivity index is 2.26. The molecule has 0 aliphatic heterocycles. The standard InChI is InChI=1S/C12H11N3O3/c1-15-7-6-10(14-15)13-11(16)8-4-2-3-5-9(8)12(17)18/h2-7H,1H3,(H,17,18)(H,13,14,16). The third-order valence-electron chi connectivity index (χ3n) is 2.36. The number of hydrogen-bond acceptors (Lipinski definition) is 3. The van der Waals surface area contributed by atoms with Gasteiger partial charge in [0.1, 0.15) is 0 Å². The molecule has 0 saturated heterocycles. The van der Waals surface area contributed by atoms with E-state index in [4.69, 9.17) is 5.11 Å². The van der Waals surface area contributed by atoms with Gasteiger partial charge in [-0.3, -0.25) is 9.48 Å². The van der Waals surface area contributed by atoms with Gasteiger partial charge in [0.15, 0.2) is 5.82 Å². The van der Waals surface area contributed by atoms with Crippen molar-refractivity contribution in [2.24, 2.45) is 7.05 Å². The van der Waals surface area contributed by atoms with Gasteiger partial charge in [0.05, 0.1) is 11.1 Å². The number of carbonyl (C=O) groups excluding carboxylic acids is 1. The molecule has 0 fully saturated rings. The van der Waals surface area contributed by atoms with Crippen LogP contribution in [0.1, 0.15) is 20.7 Å². The van der Waals surface area contributed by atoms with Crippen molar-refractivity contribution in [1.29, 1.82) is 0 Å². The highest BCUT2D eigenvalue weighted by atomic mass is 16.4. The lowest BCUT2D eigenvalue weighted by molar-refractivity contribution is 0.0692. The van der Waals surface area contributed by atoms with E-state index in [0.29, 0.717) is 5.82 Å². The molecule has 92 valence electrons. The molecule has 1 aromatic carbocycles. The highest BCUT2D eigenvalue weighted by Gasteiger charge is 2.16. The van der Waals surface area contributed by atoms with Crippen molar-refractivity contribution in [3.05, 3.63) is 47.7 Å². The van der Waals surface area contributed by atoms with Crippen LogP contribution in [0.5, 0.6) is 0 Å². The van der Waals surface area contributed by atoms with Gasteiger partial charge in [0.2, 0.25) is 0 Å². The number of rotatable bonds is 3. The fraction of sp³-hybridized carbons (Fsp3) is 0.0833. The van der Waals surface area contributed by atoms with Gasteiger partial charge in [-0.05, 0) is 12.1 Å². The number of carboxylic acid groups (broad SMARTS) is 1. The molecule has 1 heterocycles. The molecule has 0 bridgehead atoms. The Kier molecular flexibility index (Phi) is 3.09. The molecule has 0 saturated carbocycles. The number of aromatic nitrogens is 2. The van der Waals surface area contributed by atoms with Gasteiger partial charge in [-0.2, -0.15) is 5.10 Å². The monoisotopic (exact) mass is 245 g/mol. The highest BCUT2D eigenvalue weighted by molar-refractivity contribution is 6.10. The maximum Gasteiger partial charge on any atom is 0.336 e. The Morgan fingerprint density at radius 2 is 1.89 bits per heavy atom. The molecule has 0 radical (unpaired) electrons. The van der Waals surface area contributed by atoms with E-state index in [2.05, 4.69) is 10.4 Å². The molecular weight excluding hydrogens is 234 g/mol. The number of benzene rings is 1. The van der Waals surface area contributed by atoms with E-state index in [-0.39, 0.29) is 11.1 Å². The fourth-order valence-electron chi connectivity index (χ4n) is 1.53. The van der Waals surface area contributed by atoms with Gasteiger partial charge in [-0.15, -0.1) is 0 Å². The molecule has 0 atom stereocenters. The summed E-state index contributed by atoms with van der Waals surface area (Å²) in [6.45, 7) is 0. The minimum Gasteiger partial charge on any atom is -0.478 e. The summed E-state index contributed by atoms with van der Waals surface area (Å²) in [5, 5.41) is 15.5. The van der Waals surface area contributed by atoms with E-state index in [1.54, 1.807) is 36.1 Å². The lowest BCUT2D eigenvalue weighted by atomic mass is 10.1. The fourth-order valence-corrected chi connectivity index (χ4v) is 1.53. The van der Waals surface area contributed by atoms with Crippen molar-refractivity contribution in [2.75, 3.05) is 5.32 Å². The maximum atomic E-state index is 11.9. The first-order valence-corrected chi connectivity index (χ1v) is 5.21. The first-order valence-electron chi connectivity index (χ1n) is 5.21. The number of carbonyl (C=O) groups is 2. The Labute approximate surface area is 103 Å². The lowest BCUT2D eigenvalue weighted by Crippen LogP contribution is -2.16. The van der Waals surface area contributed by atoms with E-state index in [0.717, 1.165) is 0 Å². The van der Waals surface area contributed by atoms with Crippen molar-refractivity contribution in [2.45, 2.75) is 0 Å². The van der Waals surface area contributed by atoms with Crippen molar-refractivity contribution in [3.63, 3.8) is 0 Å². The van der Waals surface area contributed by atoms with Crippen LogP contribution in [-0.2, 0) is 7.05 Å². The Hall–Kier alpha value is -2.63. The smallest absolute Gasteiger partial charge is 0.336 e. The van der Waals surface area contributed by atoms with Crippen molar-refractivity contribution >= 4 is 17.7 Å². The third-order valence-corrected chi connectivity index (χ3v) is 2.36. The Morgan fingerprint density at radius 3 is 2.44 bits per heavy atom. The van der Waals surface area contributed by atoms with Crippen molar-refractivity contribution in [3.8, 4) is 0 Å². The first kappa shape index (κ1) is 11.8. The summed E-state index contributed by atoms with van der Waals surface area (Å²) < 4.78 is 1.54. The average molecular weight is 245 g/mol. The van der Waals surface area contributed by atoms with Gasteiger partial charge >= 0.3 is 5.97 Å². The molecule has 2 aromatic rings. The van der Waals surface area contributed by atoms with E-state index in [9.17, 15) is 9.59 Å². The number of carboxylic acids is 1. The van der Waals surface area contributed by atoms with Crippen LogP contribution in [0.3, 0.4) is 0 Å². The quantitative estimate of drug-likeness (QED) is 0.855. The van der Waals surface area contributed by atoms with E-state index in [1.807, 2.05) is 0 Å². The third kappa shape index (κ3) is 2.37. The Morgan fingerprint density at radius 1 is 1.22 bits per heavy atom. The summed E-state index contributed by atoms with van der Waals surface area (Å²) in [5.74, 6) is -1.25. The van der Waals surface area contributed by atoms with E-state index < -0.39 is 11.9 Å². The summed E-state index contributed by atoms with van der Waals surface area (Å²) in [5.41, 5.74) is 0.0709. The van der Waals surface area contributed by atoms with Crippen LogP contribution in [0.25, 0.3) is 0 Å². The van der Waals surface area contributed by atoms with Crippen LogP contribution < -0.4 is 5.32 Å². The molecule has 2 rings (SSSR count). The zero-order valence-corrected chi connectivity index (χ0v) is 9.62. The first-order chi connectivity index (χ1) is 8.58. The number of hydrogen-bond donors (Lipinski definition) is 2. The van der Waals surface area contributed by atoms with Gasteiger partial charge < -0.3 is 10.4 Å². The second kappa shape index (κ2) is 4.70. The largest absolute Gasteiger partial charge is 0.478 e. The summed E-state index contributed by atoms with van der Waals surface area (Å²) in [4.78, 5) is 22.9. The topological polar surface area (TPSA) is 84.2 Å². The lowest BCUT2D eigenvalue weighted by Gasteiger charge is -2.05. The van der Waals surface area contributed by atoms with Crippen molar-refractivity contribution < 1.29 is 14.7 Å². The SMILES string of the molecule is Cn1ccc(NC(=O)c2ccccc2C(=O)O)n1. The van der Waals surface area contributed by atoms with Crippen LogP contribution in [0.15, 0.2) is 36.5 Å². The molecule has 1 amide bonds. The number of nitrogens with one attached hydrogen (secondary N) is 1. The summed E-state index contributed by atoms with van der Waals surface area (Å²) in [7, 11) is 1.72. The van der Waals surface area contributed by atoms with Crippen molar-refractivity contribution in [1.82, 2.24) is 9.78 Å². The zero-order chi connectivity index (χ0) is 13.1. The predicted octanol–water partition coefficient (Wildman–Crippen LogP) is 1.37. The van der Waals surface area contributed by atoms with E-state index in [1.165, 1.54) is 12.1 Å².